The molecule has 0 amide bonds. The maximum atomic E-state index is 11.1. The molecule has 1 aliphatic heterocycles. The molecule has 0 unspecified atom stereocenters. The Balaban J connectivity index is 2.16. The van der Waals surface area contributed by atoms with Crippen molar-refractivity contribution < 1.29 is 18.3 Å². The van der Waals surface area contributed by atoms with Crippen LogP contribution in [0.2, 0.25) is 0 Å². The van der Waals surface area contributed by atoms with Crippen molar-refractivity contribution in [2.75, 3.05) is 12.8 Å². The fraction of sp³-hybridized carbons (Fsp3) is 0.444. The van der Waals surface area contributed by atoms with Gasteiger partial charge in [0.1, 0.15) is 4.88 Å². The third-order valence-electron chi connectivity index (χ3n) is 2.37. The molecule has 1 aromatic heterocycles. The quantitative estimate of drug-likeness (QED) is 0.827. The van der Waals surface area contributed by atoms with Gasteiger partial charge >= 0.3 is 5.97 Å². The highest BCUT2D eigenvalue weighted by molar-refractivity contribution is 7.88. The van der Waals surface area contributed by atoms with Crippen LogP contribution in [0.15, 0.2) is 6.07 Å². The van der Waals surface area contributed by atoms with E-state index in [0.717, 1.165) is 16.7 Å². The molecule has 2 heterocycles. The number of carbonyl (C=O) groups is 1. The Labute approximate surface area is 103 Å². The van der Waals surface area contributed by atoms with Crippen LogP contribution in [0.5, 0.6) is 0 Å². The molecule has 8 heteroatoms. The van der Waals surface area contributed by atoms with E-state index >= 15 is 0 Å². The van der Waals surface area contributed by atoms with E-state index < -0.39 is 16.0 Å². The fourth-order valence-corrected chi connectivity index (χ4v) is 3.38. The molecule has 17 heavy (non-hydrogen) atoms. The first-order chi connectivity index (χ1) is 7.85. The van der Waals surface area contributed by atoms with Gasteiger partial charge in [0.05, 0.1) is 6.26 Å². The van der Waals surface area contributed by atoms with Gasteiger partial charge in [-0.1, -0.05) is 0 Å². The summed E-state index contributed by atoms with van der Waals surface area (Å²) in [6.07, 6.45) is 1.76. The zero-order valence-corrected chi connectivity index (χ0v) is 10.8. The van der Waals surface area contributed by atoms with E-state index in [0.29, 0.717) is 24.4 Å². The predicted molar refractivity (Wildman–Crippen MR) is 63.4 cm³/mol. The SMILES string of the molecule is CS(=O)(=O)NN1CCc2sc(C(=O)O)cc2C1. The highest BCUT2D eigenvalue weighted by atomic mass is 32.2. The third-order valence-corrected chi connectivity index (χ3v) is 4.19. The lowest BCUT2D eigenvalue weighted by Gasteiger charge is -2.25. The summed E-state index contributed by atoms with van der Waals surface area (Å²) in [6.45, 7) is 0.964. The summed E-state index contributed by atoms with van der Waals surface area (Å²) in [7, 11) is -3.27. The Morgan fingerprint density at radius 3 is 2.88 bits per heavy atom. The van der Waals surface area contributed by atoms with Gasteiger partial charge in [-0.15, -0.1) is 16.2 Å². The van der Waals surface area contributed by atoms with Crippen molar-refractivity contribution in [3.05, 3.63) is 21.4 Å². The summed E-state index contributed by atoms with van der Waals surface area (Å²) in [6, 6.07) is 1.61. The van der Waals surface area contributed by atoms with Crippen molar-refractivity contribution in [2.24, 2.45) is 0 Å². The smallest absolute Gasteiger partial charge is 0.345 e. The average molecular weight is 276 g/mol. The molecule has 94 valence electrons. The Hall–Kier alpha value is -0.960. The molecule has 2 rings (SSSR count). The number of nitrogens with zero attached hydrogens (tertiary/aromatic N) is 1. The number of fused-ring (bicyclic) bond motifs is 1. The van der Waals surface area contributed by atoms with Crippen LogP contribution in [0.3, 0.4) is 0 Å². The van der Waals surface area contributed by atoms with E-state index in [-0.39, 0.29) is 0 Å². The van der Waals surface area contributed by atoms with Crippen LogP contribution in [0, 0.1) is 0 Å². The molecule has 6 nitrogen and oxygen atoms in total. The molecule has 0 fully saturated rings. The minimum Gasteiger partial charge on any atom is -0.477 e. The molecule has 2 N–H and O–H groups in total. The van der Waals surface area contributed by atoms with Gasteiger partial charge in [-0.25, -0.2) is 18.2 Å². The molecule has 0 saturated carbocycles. The second-order valence-corrected chi connectivity index (χ2v) is 6.76. The van der Waals surface area contributed by atoms with Crippen molar-refractivity contribution >= 4 is 27.3 Å². The Bertz CT molecular complexity index is 549. The summed E-state index contributed by atoms with van der Waals surface area (Å²) in [5.41, 5.74) is 0.884. The molecular weight excluding hydrogens is 264 g/mol. The van der Waals surface area contributed by atoms with E-state index in [1.165, 1.54) is 11.3 Å². The molecule has 0 atom stereocenters. The highest BCUT2D eigenvalue weighted by Crippen LogP contribution is 2.27. The van der Waals surface area contributed by atoms with Crippen LogP contribution in [0.1, 0.15) is 20.1 Å². The highest BCUT2D eigenvalue weighted by Gasteiger charge is 2.22. The van der Waals surface area contributed by atoms with Gasteiger partial charge in [0, 0.05) is 18.0 Å². The zero-order valence-electron chi connectivity index (χ0n) is 9.13. The fourth-order valence-electron chi connectivity index (χ4n) is 1.75. The summed E-state index contributed by atoms with van der Waals surface area (Å²) < 4.78 is 22.2. The number of hydrogen-bond acceptors (Lipinski definition) is 5. The number of thiophene rings is 1. The number of carboxylic acids is 1. The molecule has 1 aliphatic rings. The number of hydrogen-bond donors (Lipinski definition) is 2. The maximum absolute atomic E-state index is 11.1. The van der Waals surface area contributed by atoms with Crippen LogP contribution >= 0.6 is 11.3 Å². The van der Waals surface area contributed by atoms with Crippen LogP contribution in [-0.4, -0.2) is 37.3 Å². The minimum atomic E-state index is -3.27. The largest absolute Gasteiger partial charge is 0.477 e. The zero-order chi connectivity index (χ0) is 12.6. The van der Waals surface area contributed by atoms with E-state index in [2.05, 4.69) is 4.83 Å². The minimum absolute atomic E-state index is 0.302. The van der Waals surface area contributed by atoms with Crippen molar-refractivity contribution in [3.8, 4) is 0 Å². The monoisotopic (exact) mass is 276 g/mol. The number of rotatable bonds is 3. The van der Waals surface area contributed by atoms with Crippen molar-refractivity contribution in [3.63, 3.8) is 0 Å². The summed E-state index contributed by atoms with van der Waals surface area (Å²) >= 11 is 1.26. The maximum Gasteiger partial charge on any atom is 0.345 e. The van der Waals surface area contributed by atoms with Crippen LogP contribution in [-0.2, 0) is 23.0 Å². The lowest BCUT2D eigenvalue weighted by atomic mass is 10.1. The Kier molecular flexibility index (Phi) is 3.21. The number of hydrazine groups is 1. The standard InChI is InChI=1S/C9H12N2O4S2/c1-17(14,15)10-11-3-2-7-6(5-11)4-8(16-7)9(12)13/h4,10H,2-3,5H2,1H3,(H,12,13). The molecule has 0 aliphatic carbocycles. The number of aromatic carboxylic acids is 1. The average Bonchev–Trinajstić information content (AvgIpc) is 2.57. The van der Waals surface area contributed by atoms with E-state index in [1.807, 2.05) is 0 Å². The second kappa shape index (κ2) is 4.37. The van der Waals surface area contributed by atoms with Crippen LogP contribution in [0.25, 0.3) is 0 Å². The molecule has 0 aromatic carbocycles. The lowest BCUT2D eigenvalue weighted by Crippen LogP contribution is -2.43. The van der Waals surface area contributed by atoms with Crippen LogP contribution in [0.4, 0.5) is 0 Å². The summed E-state index contributed by atoms with van der Waals surface area (Å²) in [5, 5.41) is 10.5. The van der Waals surface area contributed by atoms with Crippen molar-refractivity contribution in [2.45, 2.75) is 13.0 Å². The molecule has 0 spiro atoms. The first kappa shape index (κ1) is 12.5. The summed E-state index contributed by atoms with van der Waals surface area (Å²) in [4.78, 5) is 14.5. The Morgan fingerprint density at radius 1 is 1.59 bits per heavy atom. The van der Waals surface area contributed by atoms with Gasteiger partial charge in [0.25, 0.3) is 0 Å². The van der Waals surface area contributed by atoms with E-state index in [9.17, 15) is 13.2 Å². The van der Waals surface area contributed by atoms with Gasteiger partial charge < -0.3 is 5.11 Å². The van der Waals surface area contributed by atoms with Gasteiger partial charge in [-0.05, 0) is 18.1 Å². The second-order valence-electron chi connectivity index (χ2n) is 3.90. The van der Waals surface area contributed by atoms with Gasteiger partial charge in [-0.3, -0.25) is 0 Å². The third kappa shape index (κ3) is 3.03. The molecule has 0 saturated heterocycles. The van der Waals surface area contributed by atoms with E-state index in [1.54, 1.807) is 11.1 Å². The van der Waals surface area contributed by atoms with Gasteiger partial charge in [-0.2, -0.15) is 0 Å². The number of nitrogens with one attached hydrogen (secondary N) is 1. The van der Waals surface area contributed by atoms with Gasteiger partial charge in [0.15, 0.2) is 0 Å². The number of sulfonamides is 1. The van der Waals surface area contributed by atoms with Gasteiger partial charge in [0.2, 0.25) is 10.0 Å². The topological polar surface area (TPSA) is 86.7 Å². The normalized spacial score (nSPS) is 16.8. The molecule has 0 radical (unpaired) electrons. The first-order valence-electron chi connectivity index (χ1n) is 4.92. The van der Waals surface area contributed by atoms with Crippen molar-refractivity contribution in [1.29, 1.82) is 0 Å². The molecule has 0 bridgehead atoms. The van der Waals surface area contributed by atoms with E-state index in [4.69, 9.17) is 5.11 Å². The number of carboxylic acid groups (broad SMARTS) is 1. The first-order valence-corrected chi connectivity index (χ1v) is 7.63. The predicted octanol–water partition coefficient (Wildman–Crippen LogP) is 0.269. The Morgan fingerprint density at radius 2 is 2.29 bits per heavy atom. The van der Waals surface area contributed by atoms with Crippen LogP contribution < -0.4 is 4.83 Å². The van der Waals surface area contributed by atoms with Crippen molar-refractivity contribution in [1.82, 2.24) is 9.84 Å². The molecule has 1 aromatic rings. The molecular formula is C9H12N2O4S2. The lowest BCUT2D eigenvalue weighted by molar-refractivity contribution is 0.0702. The summed E-state index contributed by atoms with van der Waals surface area (Å²) in [5.74, 6) is -0.938.